The van der Waals surface area contributed by atoms with E-state index in [1.54, 1.807) is 13.0 Å². The minimum Gasteiger partial charge on any atom is -0.493 e. The van der Waals surface area contributed by atoms with Crippen LogP contribution in [0.3, 0.4) is 0 Å². The van der Waals surface area contributed by atoms with E-state index < -0.39 is 35.2 Å². The average Bonchev–Trinajstić information content (AvgIpc) is 2.81. The Balaban J connectivity index is 1.77. The minimum atomic E-state index is -4.51. The van der Waals surface area contributed by atoms with Crippen molar-refractivity contribution in [1.29, 1.82) is 0 Å². The van der Waals surface area contributed by atoms with E-state index in [1.807, 2.05) is 0 Å². The maximum Gasteiger partial charge on any atom is 0.340 e. The second-order valence-electron chi connectivity index (χ2n) is 7.57. The van der Waals surface area contributed by atoms with Gasteiger partial charge in [0, 0.05) is 25.6 Å². The van der Waals surface area contributed by atoms with E-state index in [-0.39, 0.29) is 38.1 Å². The molecule has 0 spiro atoms. The first-order valence-corrected chi connectivity index (χ1v) is 13.6. The van der Waals surface area contributed by atoms with Gasteiger partial charge in [0.15, 0.2) is 5.44 Å². The molecule has 1 heterocycles. The maximum absolute atomic E-state index is 13.1. The Bertz CT molecular complexity index is 1260. The van der Waals surface area contributed by atoms with Crippen molar-refractivity contribution in [2.24, 2.45) is 16.6 Å². The summed E-state index contributed by atoms with van der Waals surface area (Å²) < 4.78 is 68.8. The zero-order valence-corrected chi connectivity index (χ0v) is 20.7. The van der Waals surface area contributed by atoms with Crippen LogP contribution >= 0.6 is 0 Å². The third kappa shape index (κ3) is 7.21. The van der Waals surface area contributed by atoms with E-state index in [1.165, 1.54) is 36.4 Å². The fraction of sp³-hybridized carbons (Fsp3) is 0.381. The van der Waals surface area contributed by atoms with E-state index in [0.29, 0.717) is 24.3 Å². The number of benzene rings is 2. The highest BCUT2D eigenvalue weighted by atomic mass is 32.2. The smallest absolute Gasteiger partial charge is 0.340 e. The van der Waals surface area contributed by atoms with E-state index in [4.69, 9.17) is 30.0 Å². The van der Waals surface area contributed by atoms with Gasteiger partial charge in [-0.25, -0.2) is 8.42 Å². The molecule has 1 unspecified atom stereocenters. The molecule has 0 radical (unpaired) electrons. The van der Waals surface area contributed by atoms with Crippen molar-refractivity contribution in [2.45, 2.75) is 28.6 Å². The number of guanidine groups is 1. The quantitative estimate of drug-likeness (QED) is 0.121. The number of aryl methyl sites for hydroxylation is 1. The van der Waals surface area contributed by atoms with E-state index in [9.17, 15) is 16.8 Å². The zero-order valence-electron chi connectivity index (χ0n) is 19.0. The first-order valence-electron chi connectivity index (χ1n) is 10.6. The summed E-state index contributed by atoms with van der Waals surface area (Å²) in [5, 5.41) is 6.33. The Morgan fingerprint density at radius 3 is 2.49 bits per heavy atom. The van der Waals surface area contributed by atoms with Crippen LogP contribution < -0.4 is 25.7 Å². The number of ether oxygens (including phenoxy) is 2. The molecule has 14 heteroatoms. The van der Waals surface area contributed by atoms with Crippen LogP contribution in [-0.4, -0.2) is 61.1 Å². The fourth-order valence-corrected chi connectivity index (χ4v) is 6.39. The van der Waals surface area contributed by atoms with Crippen molar-refractivity contribution >= 4 is 25.9 Å². The molecule has 5 N–H and O–H groups in total. The predicted molar refractivity (Wildman–Crippen MR) is 127 cm³/mol. The minimum absolute atomic E-state index is 0.0282. The standard InChI is InChI=1S/C21H28N4O8S2/c1-15-11-16(30-8-4-9-32-25-21(22)23)13-17(12-15)33-35(28,29)19-6-3-2-5-18(19)34(26,27)20-14-24-7-10-31-20/h2-3,5-6,11-13,20,24H,4,7-10,14H2,1H3,(H4,22,23,25). The first-order chi connectivity index (χ1) is 16.6. The van der Waals surface area contributed by atoms with Crippen molar-refractivity contribution in [3.8, 4) is 11.5 Å². The Kier molecular flexibility index (Phi) is 8.77. The van der Waals surface area contributed by atoms with Gasteiger partial charge in [-0.05, 0) is 41.9 Å². The summed E-state index contributed by atoms with van der Waals surface area (Å²) in [6, 6.07) is 9.86. The highest BCUT2D eigenvalue weighted by Gasteiger charge is 2.35. The van der Waals surface area contributed by atoms with Crippen LogP contribution in [0.15, 0.2) is 57.4 Å². The van der Waals surface area contributed by atoms with Crippen LogP contribution in [0.4, 0.5) is 0 Å². The van der Waals surface area contributed by atoms with E-state index >= 15 is 0 Å². The van der Waals surface area contributed by atoms with Crippen LogP contribution in [-0.2, 0) is 29.5 Å². The molecule has 1 atom stereocenters. The molecule has 2 aromatic carbocycles. The second kappa shape index (κ2) is 11.6. The molecule has 0 saturated carbocycles. The highest BCUT2D eigenvalue weighted by molar-refractivity contribution is 7.93. The lowest BCUT2D eigenvalue weighted by Gasteiger charge is -2.24. The van der Waals surface area contributed by atoms with Crippen LogP contribution in [0.25, 0.3) is 0 Å². The summed E-state index contributed by atoms with van der Waals surface area (Å²) in [5.74, 6) is 0.143. The summed E-state index contributed by atoms with van der Waals surface area (Å²) in [6.07, 6.45) is 0.461. The summed E-state index contributed by atoms with van der Waals surface area (Å²) in [6.45, 7) is 2.95. The molecule has 0 aliphatic carbocycles. The van der Waals surface area contributed by atoms with Gasteiger partial charge in [0.05, 0.1) is 18.1 Å². The monoisotopic (exact) mass is 528 g/mol. The number of hydrogen-bond donors (Lipinski definition) is 3. The van der Waals surface area contributed by atoms with E-state index in [0.717, 1.165) is 0 Å². The number of nitrogens with one attached hydrogen (secondary N) is 1. The normalized spacial score (nSPS) is 16.3. The molecule has 0 amide bonds. The summed E-state index contributed by atoms with van der Waals surface area (Å²) >= 11 is 0. The number of morpholine rings is 1. The third-order valence-corrected chi connectivity index (χ3v) is 8.11. The van der Waals surface area contributed by atoms with Crippen molar-refractivity contribution in [2.75, 3.05) is 32.9 Å². The number of rotatable bonds is 11. The number of nitrogens with two attached hydrogens (primary N) is 2. The van der Waals surface area contributed by atoms with Crippen molar-refractivity contribution in [1.82, 2.24) is 5.32 Å². The van der Waals surface area contributed by atoms with Gasteiger partial charge in [0.1, 0.15) is 23.0 Å². The van der Waals surface area contributed by atoms with Crippen LogP contribution in [0.1, 0.15) is 12.0 Å². The molecule has 0 bridgehead atoms. The lowest BCUT2D eigenvalue weighted by molar-refractivity contribution is 0.0784. The van der Waals surface area contributed by atoms with Gasteiger partial charge in [-0.3, -0.25) is 0 Å². The number of oxime groups is 1. The van der Waals surface area contributed by atoms with Crippen LogP contribution in [0.2, 0.25) is 0 Å². The molecule has 1 aliphatic heterocycles. The van der Waals surface area contributed by atoms with Gasteiger partial charge < -0.3 is 35.3 Å². The number of nitrogens with zero attached hydrogens (tertiary/aromatic N) is 1. The molecule has 2 aromatic rings. The van der Waals surface area contributed by atoms with Gasteiger partial charge in [0.2, 0.25) is 15.8 Å². The predicted octanol–water partition coefficient (Wildman–Crippen LogP) is 0.456. The fourth-order valence-electron chi connectivity index (χ4n) is 3.22. The van der Waals surface area contributed by atoms with Crippen LogP contribution in [0, 0.1) is 6.92 Å². The Labute approximate surface area is 204 Å². The van der Waals surface area contributed by atoms with Crippen molar-refractivity contribution in [3.63, 3.8) is 0 Å². The zero-order chi connectivity index (χ0) is 25.5. The molecular formula is C21H28N4O8S2. The summed E-state index contributed by atoms with van der Waals surface area (Å²) in [5.41, 5.74) is 9.79. The Morgan fingerprint density at radius 1 is 1.09 bits per heavy atom. The molecule has 1 aliphatic rings. The maximum atomic E-state index is 13.1. The SMILES string of the molecule is Cc1cc(OCCCON=C(N)N)cc(OS(=O)(=O)c2ccccc2S(=O)(=O)C2CNCCO2)c1. The van der Waals surface area contributed by atoms with Crippen LogP contribution in [0.5, 0.6) is 11.5 Å². The molecule has 3 rings (SSSR count). The summed E-state index contributed by atoms with van der Waals surface area (Å²) in [4.78, 5) is 4.00. The van der Waals surface area contributed by atoms with Gasteiger partial charge in [-0.2, -0.15) is 8.42 Å². The molecule has 35 heavy (non-hydrogen) atoms. The number of sulfone groups is 1. The molecule has 0 aromatic heterocycles. The largest absolute Gasteiger partial charge is 0.493 e. The van der Waals surface area contributed by atoms with Gasteiger partial charge in [-0.1, -0.05) is 12.1 Å². The van der Waals surface area contributed by atoms with Gasteiger partial charge in [0.25, 0.3) is 0 Å². The average molecular weight is 529 g/mol. The molecule has 12 nitrogen and oxygen atoms in total. The highest BCUT2D eigenvalue weighted by Crippen LogP contribution is 2.30. The second-order valence-corrected chi connectivity index (χ2v) is 11.1. The van der Waals surface area contributed by atoms with Gasteiger partial charge in [-0.15, -0.1) is 0 Å². The van der Waals surface area contributed by atoms with Crippen molar-refractivity contribution < 1.29 is 35.3 Å². The molecular weight excluding hydrogens is 500 g/mol. The Hall–Kier alpha value is -3.07. The molecule has 192 valence electrons. The lowest BCUT2D eigenvalue weighted by atomic mass is 10.2. The first kappa shape index (κ1) is 26.5. The molecule has 1 saturated heterocycles. The van der Waals surface area contributed by atoms with Crippen molar-refractivity contribution in [3.05, 3.63) is 48.0 Å². The van der Waals surface area contributed by atoms with Gasteiger partial charge >= 0.3 is 10.1 Å². The lowest BCUT2D eigenvalue weighted by Crippen LogP contribution is -2.43. The Morgan fingerprint density at radius 2 is 1.80 bits per heavy atom. The third-order valence-electron chi connectivity index (χ3n) is 4.71. The summed E-state index contributed by atoms with van der Waals surface area (Å²) in [7, 11) is -8.62. The van der Waals surface area contributed by atoms with E-state index in [2.05, 4.69) is 10.5 Å². The molecule has 1 fully saturated rings. The topological polar surface area (TPSA) is 182 Å². The number of hydrogen-bond acceptors (Lipinski definition) is 10.